The number of carbonyl (C=O) groups is 2. The minimum absolute atomic E-state index is 0.119. The molecule has 1 aromatic heterocycles. The summed E-state index contributed by atoms with van der Waals surface area (Å²) < 4.78 is 28.7. The smallest absolute Gasteiger partial charge is 0.340 e. The lowest BCUT2D eigenvalue weighted by Gasteiger charge is -2.11. The number of carbonyl (C=O) groups excluding carboxylic acids is 2. The van der Waals surface area contributed by atoms with Crippen LogP contribution in [-0.4, -0.2) is 42.6 Å². The summed E-state index contributed by atoms with van der Waals surface area (Å²) in [4.78, 5) is 31.9. The first-order valence-electron chi connectivity index (χ1n) is 7.63. The Labute approximate surface area is 155 Å². The topological polar surface area (TPSA) is 115 Å². The average Bonchev–Trinajstić information content (AvgIpc) is 2.62. The SMILES string of the molecule is CCOC(=O)c1ccccc1NC(=O)c1nc(S(=O)(=O)CC)ncc1Cl. The average molecular weight is 398 g/mol. The van der Waals surface area contributed by atoms with Crippen LogP contribution in [0.4, 0.5) is 5.69 Å². The van der Waals surface area contributed by atoms with E-state index in [4.69, 9.17) is 16.3 Å². The predicted octanol–water partition coefficient (Wildman–Crippen LogP) is 2.35. The Balaban J connectivity index is 2.37. The maximum Gasteiger partial charge on any atom is 0.340 e. The fourth-order valence-electron chi connectivity index (χ4n) is 1.95. The summed E-state index contributed by atoms with van der Waals surface area (Å²) in [6, 6.07) is 6.23. The summed E-state index contributed by atoms with van der Waals surface area (Å²) in [5.74, 6) is -1.60. The van der Waals surface area contributed by atoms with Gasteiger partial charge in [-0.2, -0.15) is 0 Å². The van der Waals surface area contributed by atoms with E-state index in [1.165, 1.54) is 19.1 Å². The molecule has 1 N–H and O–H groups in total. The van der Waals surface area contributed by atoms with Gasteiger partial charge < -0.3 is 10.1 Å². The van der Waals surface area contributed by atoms with Crippen molar-refractivity contribution in [1.29, 1.82) is 0 Å². The van der Waals surface area contributed by atoms with Crippen molar-refractivity contribution in [3.8, 4) is 0 Å². The van der Waals surface area contributed by atoms with Crippen LogP contribution in [0.5, 0.6) is 0 Å². The molecule has 1 aromatic carbocycles. The lowest BCUT2D eigenvalue weighted by molar-refractivity contribution is 0.0527. The second-order valence-corrected chi connectivity index (χ2v) is 7.55. The number of nitrogens with one attached hydrogen (secondary N) is 1. The second-order valence-electron chi connectivity index (χ2n) is 4.97. The molecule has 0 aliphatic carbocycles. The summed E-state index contributed by atoms with van der Waals surface area (Å²) in [5.41, 5.74) is 0.0205. The van der Waals surface area contributed by atoms with Crippen LogP contribution in [0.3, 0.4) is 0 Å². The molecule has 2 rings (SSSR count). The van der Waals surface area contributed by atoms with Gasteiger partial charge in [-0.15, -0.1) is 0 Å². The van der Waals surface area contributed by atoms with E-state index in [0.29, 0.717) is 0 Å². The van der Waals surface area contributed by atoms with Gasteiger partial charge in [0.05, 0.1) is 34.8 Å². The maximum absolute atomic E-state index is 12.5. The van der Waals surface area contributed by atoms with Crippen LogP contribution in [0.25, 0.3) is 0 Å². The van der Waals surface area contributed by atoms with Crippen LogP contribution in [0, 0.1) is 0 Å². The van der Waals surface area contributed by atoms with Crippen molar-refractivity contribution in [3.63, 3.8) is 0 Å². The summed E-state index contributed by atoms with van der Waals surface area (Å²) in [6.45, 7) is 3.27. The van der Waals surface area contributed by atoms with E-state index in [-0.39, 0.29) is 34.3 Å². The highest BCUT2D eigenvalue weighted by molar-refractivity contribution is 7.91. The van der Waals surface area contributed by atoms with E-state index in [1.807, 2.05) is 0 Å². The molecule has 0 spiro atoms. The van der Waals surface area contributed by atoms with E-state index < -0.39 is 26.9 Å². The Morgan fingerprint density at radius 1 is 1.23 bits per heavy atom. The molecule has 0 unspecified atom stereocenters. The minimum Gasteiger partial charge on any atom is -0.462 e. The molecule has 2 aromatic rings. The highest BCUT2D eigenvalue weighted by Crippen LogP contribution is 2.20. The summed E-state index contributed by atoms with van der Waals surface area (Å²) in [7, 11) is -3.71. The van der Waals surface area contributed by atoms with E-state index in [9.17, 15) is 18.0 Å². The zero-order chi connectivity index (χ0) is 19.3. The second kappa shape index (κ2) is 8.24. The molecule has 0 aliphatic rings. The number of hydrogen-bond acceptors (Lipinski definition) is 7. The first-order valence-corrected chi connectivity index (χ1v) is 9.66. The van der Waals surface area contributed by atoms with Crippen molar-refractivity contribution in [2.24, 2.45) is 0 Å². The van der Waals surface area contributed by atoms with E-state index in [0.717, 1.165) is 6.20 Å². The normalized spacial score (nSPS) is 11.0. The molecular weight excluding hydrogens is 382 g/mol. The zero-order valence-corrected chi connectivity index (χ0v) is 15.6. The number of rotatable bonds is 6. The van der Waals surface area contributed by atoms with Gasteiger partial charge in [-0.3, -0.25) is 4.79 Å². The molecular formula is C16H16ClN3O5S. The van der Waals surface area contributed by atoms with Gasteiger partial charge >= 0.3 is 5.97 Å². The van der Waals surface area contributed by atoms with Gasteiger partial charge in [-0.1, -0.05) is 30.7 Å². The highest BCUT2D eigenvalue weighted by atomic mass is 35.5. The Morgan fingerprint density at radius 3 is 2.58 bits per heavy atom. The van der Waals surface area contributed by atoms with E-state index >= 15 is 0 Å². The van der Waals surface area contributed by atoms with Crippen molar-refractivity contribution in [2.45, 2.75) is 19.0 Å². The summed E-state index contributed by atoms with van der Waals surface area (Å²) >= 11 is 5.93. The van der Waals surface area contributed by atoms with Crippen LogP contribution in [0.2, 0.25) is 5.02 Å². The summed E-state index contributed by atoms with van der Waals surface area (Å²) in [5, 5.41) is 1.88. The number of anilines is 1. The van der Waals surface area contributed by atoms with Gasteiger partial charge in [0.25, 0.3) is 5.91 Å². The number of para-hydroxylation sites is 1. The van der Waals surface area contributed by atoms with Crippen molar-refractivity contribution in [3.05, 3.63) is 46.7 Å². The Morgan fingerprint density at radius 2 is 1.92 bits per heavy atom. The van der Waals surface area contributed by atoms with Crippen LogP contribution in [0.15, 0.2) is 35.6 Å². The van der Waals surface area contributed by atoms with Crippen molar-refractivity contribution in [1.82, 2.24) is 9.97 Å². The Hall–Kier alpha value is -2.52. The molecule has 0 saturated heterocycles. The molecule has 1 heterocycles. The number of amides is 1. The van der Waals surface area contributed by atoms with E-state index in [1.54, 1.807) is 19.1 Å². The number of halogens is 1. The number of benzene rings is 1. The van der Waals surface area contributed by atoms with E-state index in [2.05, 4.69) is 15.3 Å². The van der Waals surface area contributed by atoms with Gasteiger partial charge in [0.1, 0.15) is 0 Å². The number of esters is 1. The van der Waals surface area contributed by atoms with Gasteiger partial charge in [0.15, 0.2) is 5.69 Å². The molecule has 10 heteroatoms. The van der Waals surface area contributed by atoms with Crippen LogP contribution >= 0.6 is 11.6 Å². The number of nitrogens with zero attached hydrogens (tertiary/aromatic N) is 2. The third kappa shape index (κ3) is 4.36. The van der Waals surface area contributed by atoms with Crippen molar-refractivity contribution in [2.75, 3.05) is 17.7 Å². The van der Waals surface area contributed by atoms with Gasteiger partial charge in [-0.25, -0.2) is 23.2 Å². The zero-order valence-electron chi connectivity index (χ0n) is 14.0. The van der Waals surface area contributed by atoms with Crippen LogP contribution < -0.4 is 5.32 Å². The standard InChI is InChI=1S/C16H16ClN3O5S/c1-3-25-15(22)10-7-5-6-8-12(10)19-14(21)13-11(17)9-18-16(20-13)26(23,24)4-2/h5-9H,3-4H2,1-2H3,(H,19,21). The maximum atomic E-state index is 12.5. The molecule has 0 aliphatic heterocycles. The molecule has 138 valence electrons. The molecule has 26 heavy (non-hydrogen) atoms. The van der Waals surface area contributed by atoms with Gasteiger partial charge in [0.2, 0.25) is 15.0 Å². The monoisotopic (exact) mass is 397 g/mol. The molecule has 1 amide bonds. The number of aromatic nitrogens is 2. The largest absolute Gasteiger partial charge is 0.462 e. The predicted molar refractivity (Wildman–Crippen MR) is 95.1 cm³/mol. The Bertz CT molecular complexity index is 947. The minimum atomic E-state index is -3.71. The molecule has 0 radical (unpaired) electrons. The molecule has 0 fully saturated rings. The Kier molecular flexibility index (Phi) is 6.27. The third-order valence-corrected chi connectivity index (χ3v) is 5.06. The lowest BCUT2D eigenvalue weighted by Crippen LogP contribution is -2.19. The van der Waals surface area contributed by atoms with Gasteiger partial charge in [-0.05, 0) is 19.1 Å². The van der Waals surface area contributed by atoms with Gasteiger partial charge in [0, 0.05) is 0 Å². The molecule has 0 atom stereocenters. The third-order valence-electron chi connectivity index (χ3n) is 3.27. The molecule has 0 saturated carbocycles. The number of hydrogen-bond donors (Lipinski definition) is 1. The highest BCUT2D eigenvalue weighted by Gasteiger charge is 2.22. The lowest BCUT2D eigenvalue weighted by atomic mass is 10.1. The fourth-order valence-corrected chi connectivity index (χ4v) is 2.83. The van der Waals surface area contributed by atoms with Crippen molar-refractivity contribution >= 4 is 39.0 Å². The van der Waals surface area contributed by atoms with Crippen molar-refractivity contribution < 1.29 is 22.7 Å². The number of sulfone groups is 1. The summed E-state index contributed by atoms with van der Waals surface area (Å²) in [6.07, 6.45) is 1.04. The first-order chi connectivity index (χ1) is 12.3. The number of ether oxygens (including phenoxy) is 1. The van der Waals surface area contributed by atoms with Crippen LogP contribution in [0.1, 0.15) is 34.7 Å². The fraction of sp³-hybridized carbons (Fsp3) is 0.250. The molecule has 0 bridgehead atoms. The first kappa shape index (κ1) is 19.8. The quantitative estimate of drug-likeness (QED) is 0.587. The molecule has 8 nitrogen and oxygen atoms in total. The van der Waals surface area contributed by atoms with Crippen LogP contribution in [-0.2, 0) is 14.6 Å².